The SMILES string of the molecule is CCC(C)n1cc(C(C)(C)C)n(Cc2ccc(-c3ccccc3-c3nn[nH]n3)cc2)c1=O. The van der Waals surface area contributed by atoms with E-state index < -0.39 is 0 Å². The van der Waals surface area contributed by atoms with E-state index in [-0.39, 0.29) is 17.1 Å². The highest BCUT2D eigenvalue weighted by atomic mass is 16.1. The smallest absolute Gasteiger partial charge is 0.296 e. The fraction of sp³-hybridized carbons (Fsp3) is 0.360. The van der Waals surface area contributed by atoms with E-state index in [1.807, 2.05) is 33.5 Å². The quantitative estimate of drug-likeness (QED) is 0.476. The largest absolute Gasteiger partial charge is 0.328 e. The molecule has 0 spiro atoms. The third kappa shape index (κ3) is 4.15. The Hall–Kier alpha value is -3.48. The number of nitrogens with zero attached hydrogens (tertiary/aromatic N) is 5. The standard InChI is InChI=1S/C25H30N6O/c1-6-17(2)30-16-22(25(3,4)5)31(24(30)32)15-18-11-13-19(14-12-18)20-9-7-8-10-21(20)23-26-28-29-27-23/h7-14,16-17H,6,15H2,1-5H3,(H,26,27,28,29). The van der Waals surface area contributed by atoms with Crippen LogP contribution in [0, 0.1) is 0 Å². The first-order chi connectivity index (χ1) is 15.3. The molecule has 32 heavy (non-hydrogen) atoms. The highest BCUT2D eigenvalue weighted by Gasteiger charge is 2.24. The van der Waals surface area contributed by atoms with E-state index in [1.54, 1.807) is 0 Å². The molecule has 0 fully saturated rings. The lowest BCUT2D eigenvalue weighted by atomic mass is 9.92. The molecule has 0 aliphatic carbocycles. The topological polar surface area (TPSA) is 81.4 Å². The van der Waals surface area contributed by atoms with E-state index in [0.29, 0.717) is 12.4 Å². The van der Waals surface area contributed by atoms with Crippen LogP contribution in [0.5, 0.6) is 0 Å². The maximum absolute atomic E-state index is 13.2. The van der Waals surface area contributed by atoms with Crippen LogP contribution < -0.4 is 5.69 Å². The molecule has 1 N–H and O–H groups in total. The van der Waals surface area contributed by atoms with Crippen molar-refractivity contribution < 1.29 is 0 Å². The molecule has 0 aliphatic rings. The summed E-state index contributed by atoms with van der Waals surface area (Å²) >= 11 is 0. The number of aromatic nitrogens is 6. The van der Waals surface area contributed by atoms with E-state index >= 15 is 0 Å². The van der Waals surface area contributed by atoms with Crippen LogP contribution in [0.1, 0.15) is 58.3 Å². The molecule has 0 saturated carbocycles. The average molecular weight is 431 g/mol. The van der Waals surface area contributed by atoms with Crippen molar-refractivity contribution in [3.8, 4) is 22.5 Å². The molecule has 0 amide bonds. The van der Waals surface area contributed by atoms with Crippen molar-refractivity contribution in [3.05, 3.63) is 76.5 Å². The normalized spacial score (nSPS) is 12.8. The van der Waals surface area contributed by atoms with Gasteiger partial charge in [-0.25, -0.2) is 4.79 Å². The van der Waals surface area contributed by atoms with Gasteiger partial charge in [0.1, 0.15) is 0 Å². The summed E-state index contributed by atoms with van der Waals surface area (Å²) in [5.41, 5.74) is 5.09. The fourth-order valence-corrected chi connectivity index (χ4v) is 3.94. The van der Waals surface area contributed by atoms with Crippen LogP contribution in [-0.4, -0.2) is 29.8 Å². The minimum Gasteiger partial charge on any atom is -0.296 e. The van der Waals surface area contributed by atoms with Gasteiger partial charge in [-0.1, -0.05) is 76.2 Å². The van der Waals surface area contributed by atoms with Gasteiger partial charge >= 0.3 is 5.69 Å². The van der Waals surface area contributed by atoms with Crippen molar-refractivity contribution in [2.45, 2.75) is 59.0 Å². The second kappa shape index (κ2) is 8.57. The fourth-order valence-electron chi connectivity index (χ4n) is 3.94. The zero-order valence-electron chi connectivity index (χ0n) is 19.3. The minimum atomic E-state index is -0.124. The van der Waals surface area contributed by atoms with Crippen molar-refractivity contribution in [1.82, 2.24) is 29.8 Å². The third-order valence-corrected chi connectivity index (χ3v) is 5.96. The zero-order chi connectivity index (χ0) is 22.9. The van der Waals surface area contributed by atoms with Gasteiger partial charge in [0.2, 0.25) is 5.82 Å². The lowest BCUT2D eigenvalue weighted by molar-refractivity contribution is 0.502. The van der Waals surface area contributed by atoms with E-state index in [4.69, 9.17) is 0 Å². The number of hydrogen-bond acceptors (Lipinski definition) is 4. The van der Waals surface area contributed by atoms with Gasteiger partial charge in [0.25, 0.3) is 0 Å². The summed E-state index contributed by atoms with van der Waals surface area (Å²) in [5, 5.41) is 14.4. The number of imidazole rings is 1. The summed E-state index contributed by atoms with van der Waals surface area (Å²) in [6, 6.07) is 16.5. The molecule has 0 bridgehead atoms. The average Bonchev–Trinajstić information content (AvgIpc) is 3.43. The van der Waals surface area contributed by atoms with Crippen LogP contribution in [0.4, 0.5) is 0 Å². The van der Waals surface area contributed by atoms with Gasteiger partial charge in [0.15, 0.2) is 0 Å². The monoisotopic (exact) mass is 430 g/mol. The molecule has 7 heteroatoms. The van der Waals surface area contributed by atoms with E-state index in [0.717, 1.165) is 34.4 Å². The molecule has 0 saturated heterocycles. The van der Waals surface area contributed by atoms with E-state index in [2.05, 4.69) is 85.6 Å². The number of rotatable bonds is 6. The van der Waals surface area contributed by atoms with Crippen LogP contribution in [0.3, 0.4) is 0 Å². The number of hydrogen-bond donors (Lipinski definition) is 1. The number of H-pyrrole nitrogens is 1. The summed E-state index contributed by atoms with van der Waals surface area (Å²) < 4.78 is 3.78. The molecule has 0 radical (unpaired) electrons. The third-order valence-electron chi connectivity index (χ3n) is 5.96. The Morgan fingerprint density at radius 3 is 2.31 bits per heavy atom. The summed E-state index contributed by atoms with van der Waals surface area (Å²) in [7, 11) is 0. The Morgan fingerprint density at radius 2 is 1.72 bits per heavy atom. The van der Waals surface area contributed by atoms with Gasteiger partial charge in [-0.15, -0.1) is 10.2 Å². The van der Waals surface area contributed by atoms with Crippen LogP contribution in [0.2, 0.25) is 0 Å². The van der Waals surface area contributed by atoms with Gasteiger partial charge in [-0.3, -0.25) is 9.13 Å². The first-order valence-corrected chi connectivity index (χ1v) is 11.0. The number of aromatic amines is 1. The molecular formula is C25H30N6O. The van der Waals surface area contributed by atoms with Gasteiger partial charge < -0.3 is 0 Å². The van der Waals surface area contributed by atoms with Gasteiger partial charge in [0.05, 0.1) is 6.54 Å². The van der Waals surface area contributed by atoms with Crippen molar-refractivity contribution in [2.24, 2.45) is 0 Å². The lowest BCUT2D eigenvalue weighted by Gasteiger charge is -2.20. The summed E-state index contributed by atoms with van der Waals surface area (Å²) in [6.45, 7) is 11.2. The van der Waals surface area contributed by atoms with Crippen molar-refractivity contribution in [2.75, 3.05) is 0 Å². The highest BCUT2D eigenvalue weighted by molar-refractivity contribution is 5.80. The zero-order valence-corrected chi connectivity index (χ0v) is 19.3. The Morgan fingerprint density at radius 1 is 1.03 bits per heavy atom. The molecule has 4 aromatic rings. The van der Waals surface area contributed by atoms with Crippen LogP contribution >= 0.6 is 0 Å². The molecule has 7 nitrogen and oxygen atoms in total. The lowest BCUT2D eigenvalue weighted by Crippen LogP contribution is -2.29. The second-order valence-electron chi connectivity index (χ2n) is 9.28. The summed E-state index contributed by atoms with van der Waals surface area (Å²) in [4.78, 5) is 13.2. The second-order valence-corrected chi connectivity index (χ2v) is 9.28. The number of tetrazole rings is 1. The van der Waals surface area contributed by atoms with Crippen LogP contribution in [-0.2, 0) is 12.0 Å². The van der Waals surface area contributed by atoms with Gasteiger partial charge in [0, 0.05) is 28.9 Å². The molecule has 0 aliphatic heterocycles. The maximum atomic E-state index is 13.2. The Labute approximate surface area is 188 Å². The van der Waals surface area contributed by atoms with Crippen LogP contribution in [0.25, 0.3) is 22.5 Å². The Kier molecular flexibility index (Phi) is 5.82. The first-order valence-electron chi connectivity index (χ1n) is 11.0. The van der Waals surface area contributed by atoms with E-state index in [1.165, 1.54) is 0 Å². The maximum Gasteiger partial charge on any atom is 0.328 e. The predicted molar refractivity (Wildman–Crippen MR) is 127 cm³/mol. The molecule has 2 aromatic heterocycles. The summed E-state index contributed by atoms with van der Waals surface area (Å²) in [6.07, 6.45) is 2.95. The van der Waals surface area contributed by atoms with Gasteiger partial charge in [-0.05, 0) is 35.2 Å². The Balaban J connectivity index is 1.68. The number of nitrogens with one attached hydrogen (secondary N) is 1. The molecule has 1 atom stereocenters. The van der Waals surface area contributed by atoms with Gasteiger partial charge in [-0.2, -0.15) is 5.21 Å². The van der Waals surface area contributed by atoms with Crippen molar-refractivity contribution >= 4 is 0 Å². The Bertz CT molecular complexity index is 1240. The molecule has 1 unspecified atom stereocenters. The number of benzene rings is 2. The molecule has 4 rings (SSSR count). The summed E-state index contributed by atoms with van der Waals surface area (Å²) in [5.74, 6) is 0.567. The molecule has 166 valence electrons. The molecule has 2 aromatic carbocycles. The molecular weight excluding hydrogens is 400 g/mol. The van der Waals surface area contributed by atoms with Crippen LogP contribution in [0.15, 0.2) is 59.5 Å². The molecule has 2 heterocycles. The van der Waals surface area contributed by atoms with E-state index in [9.17, 15) is 4.79 Å². The van der Waals surface area contributed by atoms with Crippen molar-refractivity contribution in [1.29, 1.82) is 0 Å². The minimum absolute atomic E-state index is 0.0517. The predicted octanol–water partition coefficient (Wildman–Crippen LogP) is 4.81. The first kappa shape index (κ1) is 21.7. The highest BCUT2D eigenvalue weighted by Crippen LogP contribution is 2.30. The van der Waals surface area contributed by atoms with Crippen molar-refractivity contribution in [3.63, 3.8) is 0 Å².